The molecule has 1 amide bonds. The summed E-state index contributed by atoms with van der Waals surface area (Å²) in [6, 6.07) is -0.852. The van der Waals surface area contributed by atoms with E-state index in [-0.39, 0.29) is 25.1 Å². The number of amides is 1. The van der Waals surface area contributed by atoms with Crippen LogP contribution in [0, 0.1) is 0 Å². The lowest BCUT2D eigenvalue weighted by molar-refractivity contribution is -0.870. The van der Waals surface area contributed by atoms with Gasteiger partial charge in [0.05, 0.1) is 33.8 Å². The SMILES string of the molecule is CC/C=C/C/C=C/C/C=C/CCCCCCCCC(=O)NC(COP(=O)(O)OCC[N+](C)(C)C)C(/C=C/CCCCCCCCCCCC)OC(=O)CCCCCCCCCCCCCCCCC. The average Bonchev–Trinajstić information content (AvgIpc) is 3.31. The second-order valence-corrected chi connectivity index (χ2v) is 22.2. The van der Waals surface area contributed by atoms with Crippen LogP contribution in [0.1, 0.15) is 265 Å². The second kappa shape index (κ2) is 49.5. The number of unbranched alkanes of at least 4 members (excludes halogenated alkanes) is 30. The normalized spacial score (nSPS) is 14.1. The molecule has 0 spiro atoms. The molecule has 3 atom stereocenters. The Balaban J connectivity index is 5.35. The number of phosphoric ester groups is 1. The molecule has 0 aromatic rings. The molecule has 0 saturated carbocycles. The summed E-state index contributed by atoms with van der Waals surface area (Å²) >= 11 is 0. The van der Waals surface area contributed by atoms with E-state index >= 15 is 0 Å². The van der Waals surface area contributed by atoms with Gasteiger partial charge in [0.2, 0.25) is 5.91 Å². The average molecular weight is 993 g/mol. The molecule has 0 aliphatic heterocycles. The summed E-state index contributed by atoms with van der Waals surface area (Å²) in [6.45, 7) is 6.90. The lowest BCUT2D eigenvalue weighted by atomic mass is 10.0. The number of rotatable bonds is 52. The number of likely N-dealkylation sites (N-methyl/N-ethyl adjacent to an activating group) is 1. The Labute approximate surface area is 427 Å². The predicted molar refractivity (Wildman–Crippen MR) is 295 cm³/mol. The number of nitrogens with one attached hydrogen (secondary N) is 1. The Hall–Kier alpha value is -2.03. The monoisotopic (exact) mass is 992 g/mol. The molecule has 69 heavy (non-hydrogen) atoms. The van der Waals surface area contributed by atoms with Crippen LogP contribution in [0.5, 0.6) is 0 Å². The molecule has 10 heteroatoms. The lowest BCUT2D eigenvalue weighted by Crippen LogP contribution is -2.47. The molecular formula is C59H112N2O7P+. The number of phosphoric acid groups is 1. The highest BCUT2D eigenvalue weighted by molar-refractivity contribution is 7.47. The molecular weight excluding hydrogens is 880 g/mol. The first-order chi connectivity index (χ1) is 33.4. The van der Waals surface area contributed by atoms with Gasteiger partial charge in [-0.25, -0.2) is 4.57 Å². The molecule has 2 N–H and O–H groups in total. The van der Waals surface area contributed by atoms with Gasteiger partial charge in [-0.1, -0.05) is 237 Å². The predicted octanol–water partition coefficient (Wildman–Crippen LogP) is 17.3. The number of nitrogens with zero attached hydrogens (tertiary/aromatic N) is 1. The Bertz CT molecular complexity index is 1330. The van der Waals surface area contributed by atoms with Crippen molar-refractivity contribution in [1.82, 2.24) is 5.32 Å². The molecule has 0 rings (SSSR count). The minimum Gasteiger partial charge on any atom is -0.456 e. The number of allylic oxidation sites excluding steroid dienone is 7. The fourth-order valence-electron chi connectivity index (χ4n) is 8.31. The van der Waals surface area contributed by atoms with Crippen LogP contribution in [0.25, 0.3) is 0 Å². The van der Waals surface area contributed by atoms with Crippen molar-refractivity contribution in [2.75, 3.05) is 40.9 Å². The maximum absolute atomic E-state index is 13.5. The standard InChI is InChI=1S/C59H111N2O7P/c1-7-10-13-16-19-22-25-28-30-32-33-36-39-42-45-48-51-58(62)60-56(55-67-69(64,65)66-54-53-61(4,5)6)57(50-47-44-41-38-35-27-24-21-18-15-12-9-3)68-59(63)52-49-46-43-40-37-34-31-29-26-23-20-17-14-11-8-2/h10,13,19,22,28,30,47,50,56-57H,7-9,11-12,14-18,20-21,23-27,29,31-46,48-49,51-55H2,1-6H3,(H-,60,62,64,65)/p+1/b13-10+,22-19+,30-28+,50-47+. The van der Waals surface area contributed by atoms with Crippen molar-refractivity contribution in [3.05, 3.63) is 48.6 Å². The van der Waals surface area contributed by atoms with E-state index in [4.69, 9.17) is 13.8 Å². The van der Waals surface area contributed by atoms with Crippen molar-refractivity contribution < 1.29 is 37.3 Å². The van der Waals surface area contributed by atoms with Crippen LogP contribution in [0.4, 0.5) is 0 Å². The van der Waals surface area contributed by atoms with Gasteiger partial charge in [0.1, 0.15) is 19.3 Å². The van der Waals surface area contributed by atoms with Crippen molar-refractivity contribution in [1.29, 1.82) is 0 Å². The van der Waals surface area contributed by atoms with E-state index in [1.165, 1.54) is 141 Å². The summed E-state index contributed by atoms with van der Waals surface area (Å²) < 4.78 is 30.6. The molecule has 0 fully saturated rings. The first-order valence-corrected chi connectivity index (χ1v) is 30.5. The van der Waals surface area contributed by atoms with E-state index in [1.54, 1.807) is 0 Å². The number of hydrogen-bond acceptors (Lipinski definition) is 6. The number of esters is 1. The molecule has 0 aromatic heterocycles. The third kappa shape index (κ3) is 50.7. The number of quaternary nitrogens is 1. The van der Waals surface area contributed by atoms with Crippen LogP contribution in [-0.2, 0) is 27.9 Å². The number of carbonyl (C=O) groups is 2. The highest BCUT2D eigenvalue weighted by Crippen LogP contribution is 2.43. The smallest absolute Gasteiger partial charge is 0.456 e. The molecule has 0 aromatic carbocycles. The maximum Gasteiger partial charge on any atom is 0.472 e. The van der Waals surface area contributed by atoms with Crippen molar-refractivity contribution >= 4 is 19.7 Å². The summed E-state index contributed by atoms with van der Waals surface area (Å²) in [6.07, 6.45) is 59.5. The van der Waals surface area contributed by atoms with Crippen molar-refractivity contribution in [2.45, 2.75) is 277 Å². The quantitative estimate of drug-likeness (QED) is 0.0205. The molecule has 0 aliphatic rings. The molecule has 0 heterocycles. The van der Waals surface area contributed by atoms with Gasteiger partial charge >= 0.3 is 13.8 Å². The maximum atomic E-state index is 13.5. The van der Waals surface area contributed by atoms with E-state index in [0.717, 1.165) is 89.9 Å². The van der Waals surface area contributed by atoms with Gasteiger partial charge < -0.3 is 19.4 Å². The fourth-order valence-corrected chi connectivity index (χ4v) is 9.04. The summed E-state index contributed by atoms with van der Waals surface area (Å²) in [4.78, 5) is 37.6. The zero-order valence-corrected chi connectivity index (χ0v) is 47.0. The molecule has 0 aliphatic carbocycles. The zero-order chi connectivity index (χ0) is 50.8. The molecule has 9 nitrogen and oxygen atoms in total. The minimum absolute atomic E-state index is 0.0382. The van der Waals surface area contributed by atoms with Crippen LogP contribution >= 0.6 is 7.82 Å². The molecule has 0 saturated heterocycles. The van der Waals surface area contributed by atoms with Crippen LogP contribution < -0.4 is 5.32 Å². The van der Waals surface area contributed by atoms with Gasteiger partial charge in [0.25, 0.3) is 0 Å². The Morgan fingerprint density at radius 1 is 0.522 bits per heavy atom. The topological polar surface area (TPSA) is 111 Å². The Morgan fingerprint density at radius 3 is 1.39 bits per heavy atom. The third-order valence-electron chi connectivity index (χ3n) is 12.8. The van der Waals surface area contributed by atoms with Crippen molar-refractivity contribution in [3.8, 4) is 0 Å². The van der Waals surface area contributed by atoms with Crippen LogP contribution in [0.3, 0.4) is 0 Å². The molecule has 0 radical (unpaired) electrons. The van der Waals surface area contributed by atoms with Gasteiger partial charge in [-0.05, 0) is 63.9 Å². The largest absolute Gasteiger partial charge is 0.472 e. The first-order valence-electron chi connectivity index (χ1n) is 29.0. The van der Waals surface area contributed by atoms with Crippen molar-refractivity contribution in [2.24, 2.45) is 0 Å². The van der Waals surface area contributed by atoms with Gasteiger partial charge in [-0.3, -0.25) is 18.6 Å². The van der Waals surface area contributed by atoms with Gasteiger partial charge in [0.15, 0.2) is 0 Å². The minimum atomic E-state index is -4.44. The molecule has 3 unspecified atom stereocenters. The van der Waals surface area contributed by atoms with Gasteiger partial charge in [-0.2, -0.15) is 0 Å². The van der Waals surface area contributed by atoms with Gasteiger partial charge in [0, 0.05) is 12.8 Å². The fraction of sp³-hybridized carbons (Fsp3) is 0.831. The summed E-state index contributed by atoms with van der Waals surface area (Å²) in [7, 11) is 1.49. The highest BCUT2D eigenvalue weighted by Gasteiger charge is 2.30. The number of carbonyl (C=O) groups excluding carboxylic acids is 2. The summed E-state index contributed by atoms with van der Waals surface area (Å²) in [5.41, 5.74) is 0. The summed E-state index contributed by atoms with van der Waals surface area (Å²) in [5, 5.41) is 3.04. The third-order valence-corrected chi connectivity index (χ3v) is 13.8. The second-order valence-electron chi connectivity index (χ2n) is 20.8. The Kier molecular flexibility index (Phi) is 48.1. The van der Waals surface area contributed by atoms with Crippen molar-refractivity contribution in [3.63, 3.8) is 0 Å². The Morgan fingerprint density at radius 2 is 0.928 bits per heavy atom. The van der Waals surface area contributed by atoms with Crippen LogP contribution in [0.2, 0.25) is 0 Å². The van der Waals surface area contributed by atoms with Crippen LogP contribution in [0.15, 0.2) is 48.6 Å². The van der Waals surface area contributed by atoms with Gasteiger partial charge in [-0.15, -0.1) is 0 Å². The van der Waals surface area contributed by atoms with E-state index in [2.05, 4.69) is 62.5 Å². The van der Waals surface area contributed by atoms with E-state index < -0.39 is 20.0 Å². The molecule has 404 valence electrons. The summed E-state index contributed by atoms with van der Waals surface area (Å²) in [5.74, 6) is -0.513. The van der Waals surface area contributed by atoms with E-state index in [0.29, 0.717) is 23.9 Å². The first kappa shape index (κ1) is 67.0. The lowest BCUT2D eigenvalue weighted by Gasteiger charge is -2.27. The molecule has 0 bridgehead atoms. The van der Waals surface area contributed by atoms with E-state index in [9.17, 15) is 19.0 Å². The number of hydrogen-bond donors (Lipinski definition) is 2. The highest BCUT2D eigenvalue weighted by atomic mass is 31.2. The van der Waals surface area contributed by atoms with Crippen LogP contribution in [-0.4, -0.2) is 74.3 Å². The zero-order valence-electron chi connectivity index (χ0n) is 46.1. The van der Waals surface area contributed by atoms with E-state index in [1.807, 2.05) is 33.3 Å². The number of ether oxygens (including phenoxy) is 1.